The molecule has 0 amide bonds. The van der Waals surface area contributed by atoms with Crippen LogP contribution in [0.25, 0.3) is 5.57 Å². The number of allylic oxidation sites excluding steroid dienone is 7. The summed E-state index contributed by atoms with van der Waals surface area (Å²) in [7, 11) is 2.10. The number of benzene rings is 2. The molecule has 2 unspecified atom stereocenters. The zero-order valence-corrected chi connectivity index (χ0v) is 22.9. The summed E-state index contributed by atoms with van der Waals surface area (Å²) in [6.45, 7) is 13.3. The lowest BCUT2D eigenvalue weighted by atomic mass is 9.85. The largest absolute Gasteiger partial charge is 0.351 e. The van der Waals surface area contributed by atoms with Gasteiger partial charge in [-0.15, -0.1) is 0 Å². The summed E-state index contributed by atoms with van der Waals surface area (Å²) in [4.78, 5) is 4.72. The van der Waals surface area contributed by atoms with E-state index in [1.807, 2.05) is 37.8 Å². The number of nitrogens with zero attached hydrogens (tertiary/aromatic N) is 1. The third kappa shape index (κ3) is 7.15. The molecular weight excluding hydrogens is 442 g/mol. The standard InChI is InChI=1S/C29H33NS.C4H8/c1-21-11-5-6-12-24(23(3)31-29-16-10-8-13-26(29)22(21)2)17-18-25-19-20-30(4)28-15-9-7-14-27(25)28;1-3-4-2/h7-10,13-22H,3,5-6,11-12H2,1-2,4H3;3-4H,1-2H3/b24-17+,25-18+;4-3-. The molecule has 4 rings (SSSR count). The van der Waals surface area contributed by atoms with Crippen molar-refractivity contribution in [3.63, 3.8) is 0 Å². The second-order valence-electron chi connectivity index (χ2n) is 9.50. The number of para-hydroxylation sites is 1. The average molecular weight is 484 g/mol. The van der Waals surface area contributed by atoms with E-state index in [-0.39, 0.29) is 0 Å². The predicted octanol–water partition coefficient (Wildman–Crippen LogP) is 10.2. The van der Waals surface area contributed by atoms with E-state index >= 15 is 0 Å². The molecule has 184 valence electrons. The van der Waals surface area contributed by atoms with Crippen LogP contribution < -0.4 is 4.90 Å². The van der Waals surface area contributed by atoms with Gasteiger partial charge in [-0.2, -0.15) is 0 Å². The van der Waals surface area contributed by atoms with Gasteiger partial charge in [0.2, 0.25) is 0 Å². The molecule has 0 fully saturated rings. The summed E-state index contributed by atoms with van der Waals surface area (Å²) in [6.07, 6.45) is 17.8. The van der Waals surface area contributed by atoms with Crippen LogP contribution in [0, 0.1) is 5.92 Å². The van der Waals surface area contributed by atoms with Crippen molar-refractivity contribution in [3.05, 3.63) is 113 Å². The Bertz CT molecular complexity index is 1110. The first kappa shape index (κ1) is 26.9. The van der Waals surface area contributed by atoms with Crippen LogP contribution in [0.5, 0.6) is 0 Å². The number of hydrogen-bond donors (Lipinski definition) is 0. The molecule has 0 N–H and O–H groups in total. The molecule has 35 heavy (non-hydrogen) atoms. The van der Waals surface area contributed by atoms with E-state index in [1.54, 1.807) is 0 Å². The molecule has 1 nitrogen and oxygen atoms in total. The Morgan fingerprint density at radius 1 is 0.943 bits per heavy atom. The molecule has 2 aromatic rings. The third-order valence-corrected chi connectivity index (χ3v) is 8.18. The van der Waals surface area contributed by atoms with Crippen LogP contribution in [0.4, 0.5) is 5.69 Å². The third-order valence-electron chi connectivity index (χ3n) is 7.08. The number of rotatable bonds is 1. The molecule has 0 spiro atoms. The maximum absolute atomic E-state index is 4.50. The van der Waals surface area contributed by atoms with Crippen LogP contribution in [0.2, 0.25) is 0 Å². The van der Waals surface area contributed by atoms with Gasteiger partial charge in [0.15, 0.2) is 0 Å². The Morgan fingerprint density at radius 2 is 1.66 bits per heavy atom. The van der Waals surface area contributed by atoms with Crippen molar-refractivity contribution in [1.29, 1.82) is 0 Å². The highest BCUT2D eigenvalue weighted by molar-refractivity contribution is 8.03. The van der Waals surface area contributed by atoms with E-state index < -0.39 is 0 Å². The van der Waals surface area contributed by atoms with Gasteiger partial charge in [-0.3, -0.25) is 0 Å². The Hall–Kier alpha value is -2.71. The van der Waals surface area contributed by atoms with Crippen LogP contribution >= 0.6 is 11.8 Å². The normalized spacial score (nSPS) is 22.9. The Labute approximate surface area is 218 Å². The van der Waals surface area contributed by atoms with Crippen molar-refractivity contribution < 1.29 is 0 Å². The van der Waals surface area contributed by atoms with Gasteiger partial charge in [-0.1, -0.05) is 106 Å². The van der Waals surface area contributed by atoms with Crippen LogP contribution in [-0.2, 0) is 0 Å². The Balaban J connectivity index is 0.000000795. The number of hydrogen-bond acceptors (Lipinski definition) is 2. The first-order valence-electron chi connectivity index (χ1n) is 12.9. The van der Waals surface area contributed by atoms with Gasteiger partial charge in [-0.25, -0.2) is 0 Å². The average Bonchev–Trinajstić information content (AvgIpc) is 2.90. The van der Waals surface area contributed by atoms with E-state index in [2.05, 4.69) is 105 Å². The van der Waals surface area contributed by atoms with E-state index in [0.717, 1.165) is 6.42 Å². The SMILES string of the molecule is C/C=C\C.C=C1Sc2ccccc2C(C)C(C)CCCC/C1=C\C=C1/C=CN(C)c2ccccc21. The topological polar surface area (TPSA) is 3.24 Å². The van der Waals surface area contributed by atoms with E-state index in [9.17, 15) is 0 Å². The monoisotopic (exact) mass is 483 g/mol. The van der Waals surface area contributed by atoms with Gasteiger partial charge < -0.3 is 4.90 Å². The molecule has 2 aliphatic rings. The lowest BCUT2D eigenvalue weighted by Gasteiger charge is -2.23. The zero-order chi connectivity index (χ0) is 25.2. The van der Waals surface area contributed by atoms with Crippen LogP contribution in [-0.4, -0.2) is 7.05 Å². The van der Waals surface area contributed by atoms with Crippen molar-refractivity contribution in [3.8, 4) is 0 Å². The summed E-state index contributed by atoms with van der Waals surface area (Å²) >= 11 is 1.85. The Morgan fingerprint density at radius 3 is 2.43 bits per heavy atom. The highest BCUT2D eigenvalue weighted by atomic mass is 32.2. The van der Waals surface area contributed by atoms with Crippen molar-refractivity contribution in [2.75, 3.05) is 11.9 Å². The minimum absolute atomic E-state index is 0.574. The molecule has 2 heteroatoms. The summed E-state index contributed by atoms with van der Waals surface area (Å²) in [5.41, 5.74) is 6.62. The molecule has 2 heterocycles. The van der Waals surface area contributed by atoms with Crippen molar-refractivity contribution in [2.45, 2.75) is 64.2 Å². The molecule has 2 atom stereocenters. The lowest BCUT2D eigenvalue weighted by molar-refractivity contribution is 0.429. The lowest BCUT2D eigenvalue weighted by Crippen LogP contribution is -2.13. The molecule has 2 aliphatic heterocycles. The summed E-state index contributed by atoms with van der Waals surface area (Å²) in [5.74, 6) is 1.27. The minimum atomic E-state index is 0.574. The first-order valence-corrected chi connectivity index (χ1v) is 13.7. The molecule has 0 saturated heterocycles. The molecule has 0 saturated carbocycles. The number of anilines is 1. The second kappa shape index (κ2) is 13.4. The fraction of sp³-hybridized carbons (Fsp3) is 0.333. The maximum Gasteiger partial charge on any atom is 0.0483 e. The van der Waals surface area contributed by atoms with Crippen LogP contribution in [0.1, 0.15) is 70.4 Å². The molecule has 0 radical (unpaired) electrons. The fourth-order valence-corrected chi connectivity index (χ4v) is 5.61. The van der Waals surface area contributed by atoms with Crippen LogP contribution in [0.15, 0.2) is 107 Å². The van der Waals surface area contributed by atoms with Gasteiger partial charge in [0.05, 0.1) is 0 Å². The zero-order valence-electron chi connectivity index (χ0n) is 22.1. The maximum atomic E-state index is 4.50. The van der Waals surface area contributed by atoms with Gasteiger partial charge in [0.1, 0.15) is 0 Å². The molecule has 0 aromatic heterocycles. The summed E-state index contributed by atoms with van der Waals surface area (Å²) in [6, 6.07) is 17.5. The van der Waals surface area contributed by atoms with Gasteiger partial charge in [0, 0.05) is 34.3 Å². The highest BCUT2D eigenvalue weighted by Gasteiger charge is 2.20. The minimum Gasteiger partial charge on any atom is -0.351 e. The summed E-state index contributed by atoms with van der Waals surface area (Å²) in [5, 5.41) is 0. The van der Waals surface area contributed by atoms with E-state index in [1.165, 1.54) is 57.0 Å². The van der Waals surface area contributed by atoms with Crippen molar-refractivity contribution >= 4 is 23.0 Å². The quantitative estimate of drug-likeness (QED) is 0.371. The first-order chi connectivity index (χ1) is 17.0. The van der Waals surface area contributed by atoms with E-state index in [0.29, 0.717) is 11.8 Å². The van der Waals surface area contributed by atoms with Crippen molar-refractivity contribution in [1.82, 2.24) is 0 Å². The van der Waals surface area contributed by atoms with Gasteiger partial charge >= 0.3 is 0 Å². The van der Waals surface area contributed by atoms with Gasteiger partial charge in [0.25, 0.3) is 0 Å². The predicted molar refractivity (Wildman–Crippen MR) is 158 cm³/mol. The molecule has 0 aliphatic carbocycles. The number of fused-ring (bicyclic) bond motifs is 2. The fourth-order valence-electron chi connectivity index (χ4n) is 4.53. The second-order valence-corrected chi connectivity index (χ2v) is 10.6. The highest BCUT2D eigenvalue weighted by Crippen LogP contribution is 2.41. The van der Waals surface area contributed by atoms with Crippen LogP contribution in [0.3, 0.4) is 0 Å². The molecule has 0 bridgehead atoms. The number of thioether (sulfide) groups is 1. The summed E-state index contributed by atoms with van der Waals surface area (Å²) < 4.78 is 0. The molecular formula is C33H41NS. The van der Waals surface area contributed by atoms with Crippen molar-refractivity contribution in [2.24, 2.45) is 5.92 Å². The smallest absolute Gasteiger partial charge is 0.0483 e. The molecule has 2 aromatic carbocycles. The Kier molecular flexibility index (Phi) is 10.3. The van der Waals surface area contributed by atoms with E-state index in [4.69, 9.17) is 0 Å². The van der Waals surface area contributed by atoms with Gasteiger partial charge in [-0.05, 0) is 73.4 Å².